The van der Waals surface area contributed by atoms with Gasteiger partial charge in [-0.2, -0.15) is 4.79 Å². The molecule has 0 saturated heterocycles. The van der Waals surface area contributed by atoms with Gasteiger partial charge in [0.1, 0.15) is 0 Å². The Balaban J connectivity index is 2.18. The summed E-state index contributed by atoms with van der Waals surface area (Å²) in [6.07, 6.45) is 23.0. The first-order valence-electron chi connectivity index (χ1n) is 18.6. The van der Waals surface area contributed by atoms with Gasteiger partial charge in [-0.25, -0.2) is 16.8 Å². The van der Waals surface area contributed by atoms with E-state index in [1.165, 1.54) is 76.3 Å². The van der Waals surface area contributed by atoms with Crippen molar-refractivity contribution in [3.63, 3.8) is 0 Å². The van der Waals surface area contributed by atoms with Crippen LogP contribution in [0.5, 0.6) is 0 Å². The lowest BCUT2D eigenvalue weighted by atomic mass is 10.0. The van der Waals surface area contributed by atoms with Gasteiger partial charge in [-0.05, 0) is 67.5 Å². The summed E-state index contributed by atoms with van der Waals surface area (Å²) in [7, 11) is -8.51. The zero-order valence-corrected chi connectivity index (χ0v) is 31.2. The van der Waals surface area contributed by atoms with Crippen molar-refractivity contribution >= 4 is 24.7 Å². The molecule has 1 atom stereocenters. The monoisotopic (exact) mass is 686 g/mol. The first-order chi connectivity index (χ1) is 22.7. The van der Waals surface area contributed by atoms with Crippen LogP contribution < -0.4 is 0 Å². The first kappa shape index (κ1) is 40.9. The highest BCUT2D eigenvalue weighted by Gasteiger charge is 2.46. The molecule has 2 rings (SSSR count). The van der Waals surface area contributed by atoms with Crippen molar-refractivity contribution in [3.05, 3.63) is 65.2 Å². The summed E-state index contributed by atoms with van der Waals surface area (Å²) >= 11 is 0. The van der Waals surface area contributed by atoms with Gasteiger partial charge >= 0.3 is 5.04 Å². The van der Waals surface area contributed by atoms with Crippen LogP contribution >= 0.6 is 0 Å². The second kappa shape index (κ2) is 23.1. The molecule has 0 aliphatic rings. The van der Waals surface area contributed by atoms with Crippen LogP contribution in [0.1, 0.15) is 160 Å². The molecule has 0 heterocycles. The van der Waals surface area contributed by atoms with Crippen LogP contribution in [-0.2, 0) is 32.5 Å². The molecule has 6 nitrogen and oxygen atoms in total. The van der Waals surface area contributed by atoms with Gasteiger partial charge in [-0.1, -0.05) is 154 Å². The molecule has 0 amide bonds. The van der Waals surface area contributed by atoms with E-state index in [2.05, 4.69) is 25.6 Å². The Morgan fingerprint density at radius 3 is 1.30 bits per heavy atom. The minimum atomic E-state index is -4.35. The lowest BCUT2D eigenvalue weighted by molar-refractivity contribution is -0.00318. The van der Waals surface area contributed by atoms with Gasteiger partial charge in [0.2, 0.25) is 0 Å². The lowest BCUT2D eigenvalue weighted by Crippen LogP contribution is -2.36. The molecule has 0 aromatic heterocycles. The topological polar surface area (TPSA) is 105 Å². The molecule has 0 spiro atoms. The van der Waals surface area contributed by atoms with Crippen molar-refractivity contribution in [2.75, 3.05) is 0 Å². The largest absolute Gasteiger partial charge is 0.404 e. The predicted octanol–water partition coefficient (Wildman–Crippen LogP) is 10.9. The van der Waals surface area contributed by atoms with Crippen molar-refractivity contribution in [3.8, 4) is 0 Å². The Morgan fingerprint density at radius 2 is 0.894 bits per heavy atom. The minimum Gasteiger partial charge on any atom is -0.360 e. The number of hydrogen-bond donors (Lipinski definition) is 0. The number of benzene rings is 2. The third kappa shape index (κ3) is 14.4. The molecule has 2 aromatic rings. The molecule has 1 unspecified atom stereocenters. The molecule has 0 aliphatic heterocycles. The Labute approximate surface area is 287 Å². The fourth-order valence-electron chi connectivity index (χ4n) is 6.17. The minimum absolute atomic E-state index is 0.0511. The number of aryl methyl sites for hydroxylation is 2. The van der Waals surface area contributed by atoms with Gasteiger partial charge in [-0.15, -0.1) is 0 Å². The molecule has 0 aliphatic carbocycles. The van der Waals surface area contributed by atoms with Gasteiger partial charge in [0, 0.05) is 0 Å². The van der Waals surface area contributed by atoms with E-state index in [4.69, 9.17) is 0 Å². The van der Waals surface area contributed by atoms with E-state index < -0.39 is 30.0 Å². The summed E-state index contributed by atoms with van der Waals surface area (Å²) in [5, 5.41) is -2.17. The Bertz CT molecular complexity index is 1400. The van der Waals surface area contributed by atoms with E-state index in [-0.39, 0.29) is 16.2 Å². The fourth-order valence-corrected chi connectivity index (χ4v) is 9.88. The fraction of sp³-hybridized carbons (Fsp3) is 0.667. The van der Waals surface area contributed by atoms with E-state index in [1.807, 2.05) is 12.1 Å². The number of unbranched alkanes of at least 4 members (excludes halogenated alkanes) is 16. The molecule has 0 N–H and O–H groups in total. The normalized spacial score (nSPS) is 12.6. The van der Waals surface area contributed by atoms with Gasteiger partial charge in [-0.3, -0.25) is 0 Å². The van der Waals surface area contributed by atoms with E-state index in [0.717, 1.165) is 75.3 Å². The number of nitrogens with zero attached hydrogens (tertiary/aromatic N) is 2. The van der Waals surface area contributed by atoms with E-state index in [1.54, 1.807) is 24.3 Å². The molecule has 47 heavy (non-hydrogen) atoms. The van der Waals surface area contributed by atoms with Crippen LogP contribution in [0.4, 0.5) is 0 Å². The van der Waals surface area contributed by atoms with Crippen molar-refractivity contribution in [2.45, 2.75) is 177 Å². The molecular formula is C39H62N2O4S2. The Hall–Kier alpha value is -2.28. The zero-order valence-electron chi connectivity index (χ0n) is 29.6. The zero-order chi connectivity index (χ0) is 34.4. The van der Waals surface area contributed by atoms with Gasteiger partial charge in [0.25, 0.3) is 9.84 Å². The maximum absolute atomic E-state index is 14.1. The molecule has 0 radical (unpaired) electrons. The highest BCUT2D eigenvalue weighted by Crippen LogP contribution is 2.27. The first-order valence-corrected chi connectivity index (χ1v) is 21.6. The molecule has 264 valence electrons. The van der Waals surface area contributed by atoms with Crippen molar-refractivity contribution < 1.29 is 21.6 Å². The van der Waals surface area contributed by atoms with Crippen LogP contribution in [0.15, 0.2) is 58.3 Å². The van der Waals surface area contributed by atoms with Crippen molar-refractivity contribution in [2.24, 2.45) is 0 Å². The SMILES string of the molecule is CCCCCCCCCc1ccc(S(=O)(=O)C(=[N+]=[N-])C(CCCCCCC)S(=O)(=O)c2ccc(CCCCCCCCC)cc2)cc1. The maximum Gasteiger partial charge on any atom is 0.404 e. The molecule has 0 bridgehead atoms. The Kier molecular flexibility index (Phi) is 20.1. The summed E-state index contributed by atoms with van der Waals surface area (Å²) in [5.41, 5.74) is 12.2. The molecule has 2 aromatic carbocycles. The third-order valence-corrected chi connectivity index (χ3v) is 13.3. The maximum atomic E-state index is 14.1. The summed E-state index contributed by atoms with van der Waals surface area (Å²) in [6.45, 7) is 6.53. The summed E-state index contributed by atoms with van der Waals surface area (Å²) in [6, 6.07) is 13.4. The second-order valence-corrected chi connectivity index (χ2v) is 17.2. The van der Waals surface area contributed by atoms with E-state index in [9.17, 15) is 22.4 Å². The molecule has 8 heteroatoms. The molecule has 0 saturated carbocycles. The number of hydrogen-bond acceptors (Lipinski definition) is 4. The smallest absolute Gasteiger partial charge is 0.360 e. The number of rotatable bonds is 26. The Morgan fingerprint density at radius 1 is 0.532 bits per heavy atom. The van der Waals surface area contributed by atoms with Crippen LogP contribution in [0.3, 0.4) is 0 Å². The average molecular weight is 687 g/mol. The quantitative estimate of drug-likeness (QED) is 0.0323. The predicted molar refractivity (Wildman–Crippen MR) is 196 cm³/mol. The molecular weight excluding hydrogens is 625 g/mol. The van der Waals surface area contributed by atoms with Crippen LogP contribution in [0.2, 0.25) is 0 Å². The van der Waals surface area contributed by atoms with Crippen LogP contribution in [0, 0.1) is 0 Å². The highest BCUT2D eigenvalue weighted by atomic mass is 32.2. The second-order valence-electron chi connectivity index (χ2n) is 13.2. The van der Waals surface area contributed by atoms with Crippen molar-refractivity contribution in [1.82, 2.24) is 0 Å². The van der Waals surface area contributed by atoms with Gasteiger partial charge in [0.05, 0.1) is 9.79 Å². The third-order valence-electron chi connectivity index (χ3n) is 9.22. The van der Waals surface area contributed by atoms with Gasteiger partial charge in [0.15, 0.2) is 15.1 Å². The lowest BCUT2D eigenvalue weighted by Gasteiger charge is -2.15. The van der Waals surface area contributed by atoms with Crippen LogP contribution in [0.25, 0.3) is 5.53 Å². The molecule has 0 fully saturated rings. The number of sulfone groups is 2. The highest BCUT2D eigenvalue weighted by molar-refractivity contribution is 8.08. The van der Waals surface area contributed by atoms with E-state index in [0.29, 0.717) is 6.42 Å². The summed E-state index contributed by atoms with van der Waals surface area (Å²) in [4.78, 5) is 3.21. The van der Waals surface area contributed by atoms with Crippen LogP contribution in [-0.4, -0.2) is 31.9 Å². The average Bonchev–Trinajstić information content (AvgIpc) is 3.07. The summed E-state index contributed by atoms with van der Waals surface area (Å²) in [5.74, 6) is 0. The summed E-state index contributed by atoms with van der Waals surface area (Å²) < 4.78 is 55.8. The standard InChI is InChI=1S/C39H62N2O4S2/c1-4-7-10-13-15-18-20-23-34-26-30-36(31-27-34)46(42,43)38(25-22-17-12-9-6-3)39(41-40)47(44,45)37-32-28-35(29-33-37)24-21-19-16-14-11-8-5-2/h26-33,38H,4-25H2,1-3H3. The van der Waals surface area contributed by atoms with Crippen molar-refractivity contribution in [1.29, 1.82) is 0 Å². The van der Waals surface area contributed by atoms with E-state index >= 15 is 0 Å². The van der Waals surface area contributed by atoms with Gasteiger partial charge < -0.3 is 5.53 Å².